The highest BCUT2D eigenvalue weighted by Gasteiger charge is 2.38. The zero-order valence-electron chi connectivity index (χ0n) is 14.4. The third kappa shape index (κ3) is 3.73. The van der Waals surface area contributed by atoms with Crippen molar-refractivity contribution in [3.8, 4) is 22.6 Å². The van der Waals surface area contributed by atoms with Crippen LogP contribution in [0.4, 0.5) is 14.6 Å². The molecule has 6 heteroatoms. The highest BCUT2D eigenvalue weighted by molar-refractivity contribution is 5.71. The summed E-state index contributed by atoms with van der Waals surface area (Å²) < 4.78 is 36.4. The Morgan fingerprint density at radius 3 is 2.68 bits per heavy atom. The predicted octanol–water partition coefficient (Wildman–Crippen LogP) is 5.00. The van der Waals surface area contributed by atoms with Crippen LogP contribution in [0.2, 0.25) is 0 Å². The number of aryl methyl sites for hydroxylation is 1. The molecule has 0 spiro atoms. The van der Waals surface area contributed by atoms with Gasteiger partial charge < -0.3 is 14.8 Å². The third-order valence-electron chi connectivity index (χ3n) is 4.01. The van der Waals surface area contributed by atoms with Crippen molar-refractivity contribution in [1.82, 2.24) is 4.98 Å². The fourth-order valence-electron chi connectivity index (χ4n) is 2.45. The summed E-state index contributed by atoms with van der Waals surface area (Å²) in [5.41, 5.74) is 3.40. The molecule has 1 aliphatic rings. The summed E-state index contributed by atoms with van der Waals surface area (Å²) in [6.45, 7) is 9.10. The van der Waals surface area contributed by atoms with Gasteiger partial charge in [0.2, 0.25) is 0 Å². The quantitative estimate of drug-likeness (QED) is 0.846. The number of nitrogens with zero attached hydrogens (tertiary/aromatic N) is 1. The molecule has 25 heavy (non-hydrogen) atoms. The average Bonchev–Trinajstić information content (AvgIpc) is 2.54. The summed E-state index contributed by atoms with van der Waals surface area (Å²) in [6.07, 6.45) is -1.57. The van der Waals surface area contributed by atoms with E-state index in [4.69, 9.17) is 4.74 Å². The highest BCUT2D eigenvalue weighted by atomic mass is 19.3. The van der Waals surface area contributed by atoms with Crippen LogP contribution in [-0.2, 0) is 0 Å². The van der Waals surface area contributed by atoms with E-state index < -0.39 is 12.7 Å². The van der Waals surface area contributed by atoms with E-state index in [0.29, 0.717) is 17.5 Å². The fourth-order valence-corrected chi connectivity index (χ4v) is 2.45. The molecule has 1 aromatic carbocycles. The number of alkyl halides is 2. The van der Waals surface area contributed by atoms with Crippen LogP contribution in [0.15, 0.2) is 42.7 Å². The Bertz CT molecular complexity index is 802. The van der Waals surface area contributed by atoms with E-state index in [1.807, 2.05) is 32.9 Å². The molecule has 1 N–H and O–H groups in total. The Labute approximate surface area is 145 Å². The molecular weight excluding hydrogens is 326 g/mol. The van der Waals surface area contributed by atoms with Crippen LogP contribution in [0.25, 0.3) is 11.1 Å². The van der Waals surface area contributed by atoms with Gasteiger partial charge in [-0.1, -0.05) is 20.4 Å². The van der Waals surface area contributed by atoms with E-state index in [9.17, 15) is 8.78 Å². The van der Waals surface area contributed by atoms with Crippen LogP contribution < -0.4 is 14.8 Å². The lowest BCUT2D eigenvalue weighted by Crippen LogP contribution is -2.36. The van der Waals surface area contributed by atoms with E-state index >= 15 is 0 Å². The first-order chi connectivity index (χ1) is 11.7. The number of hydrogen-bond acceptors (Lipinski definition) is 4. The number of halogens is 2. The van der Waals surface area contributed by atoms with Gasteiger partial charge in [0.25, 0.3) is 0 Å². The molecule has 1 aromatic heterocycles. The van der Waals surface area contributed by atoms with E-state index in [1.165, 1.54) is 0 Å². The largest absolute Gasteiger partial charge is 0.479 e. The molecular formula is C19H20F2N2O2. The van der Waals surface area contributed by atoms with Gasteiger partial charge in [-0.25, -0.2) is 4.98 Å². The second-order valence-electron chi connectivity index (χ2n) is 6.38. The standard InChI is InChI=1S/C19H20F2N2O2/c1-11(2)13(4)23-18-6-5-14(9-22-18)15-8-16-17(7-12(15)3)25-19(20,21)10-24-16/h5-9,11H,4,10H2,1-3H3,(H,22,23). The number of anilines is 1. The zero-order chi connectivity index (χ0) is 18.2. The number of aromatic nitrogens is 1. The molecule has 1 aliphatic heterocycles. The molecule has 0 aliphatic carbocycles. The second-order valence-corrected chi connectivity index (χ2v) is 6.38. The third-order valence-corrected chi connectivity index (χ3v) is 4.01. The minimum atomic E-state index is -3.30. The van der Waals surface area contributed by atoms with Crippen LogP contribution in [0.3, 0.4) is 0 Å². The summed E-state index contributed by atoms with van der Waals surface area (Å²) in [6, 6.07) is 7.03. The first-order valence-corrected chi connectivity index (χ1v) is 8.02. The van der Waals surface area contributed by atoms with Gasteiger partial charge in [-0.05, 0) is 48.2 Å². The number of pyridine rings is 1. The maximum absolute atomic E-state index is 13.3. The normalized spacial score (nSPS) is 15.1. The minimum absolute atomic E-state index is 0.0528. The Morgan fingerprint density at radius 1 is 1.28 bits per heavy atom. The predicted molar refractivity (Wildman–Crippen MR) is 93.1 cm³/mol. The lowest BCUT2D eigenvalue weighted by Gasteiger charge is -2.26. The molecule has 0 radical (unpaired) electrons. The first kappa shape index (κ1) is 17.2. The topological polar surface area (TPSA) is 43.4 Å². The molecule has 0 unspecified atom stereocenters. The molecule has 0 atom stereocenters. The van der Waals surface area contributed by atoms with Gasteiger partial charge in [0.05, 0.1) is 0 Å². The van der Waals surface area contributed by atoms with Crippen LogP contribution in [0, 0.1) is 12.8 Å². The van der Waals surface area contributed by atoms with Gasteiger partial charge in [-0.15, -0.1) is 0 Å². The highest BCUT2D eigenvalue weighted by Crippen LogP contribution is 2.41. The molecule has 4 nitrogen and oxygen atoms in total. The lowest BCUT2D eigenvalue weighted by molar-refractivity contribution is -0.208. The van der Waals surface area contributed by atoms with Crippen molar-refractivity contribution in [2.24, 2.45) is 5.92 Å². The molecule has 2 aromatic rings. The van der Waals surface area contributed by atoms with Gasteiger partial charge in [0.1, 0.15) is 5.82 Å². The summed E-state index contributed by atoms with van der Waals surface area (Å²) >= 11 is 0. The minimum Gasteiger partial charge on any atom is -0.479 e. The smallest absolute Gasteiger partial charge is 0.433 e. The van der Waals surface area contributed by atoms with Crippen molar-refractivity contribution in [2.75, 3.05) is 11.9 Å². The molecule has 132 valence electrons. The summed E-state index contributed by atoms with van der Waals surface area (Å²) in [5.74, 6) is 1.37. The van der Waals surface area contributed by atoms with Crippen molar-refractivity contribution in [1.29, 1.82) is 0 Å². The monoisotopic (exact) mass is 346 g/mol. The van der Waals surface area contributed by atoms with Crippen LogP contribution >= 0.6 is 0 Å². The van der Waals surface area contributed by atoms with E-state index in [-0.39, 0.29) is 5.75 Å². The van der Waals surface area contributed by atoms with Gasteiger partial charge in [-0.2, -0.15) is 8.78 Å². The number of ether oxygens (including phenoxy) is 2. The van der Waals surface area contributed by atoms with Crippen molar-refractivity contribution >= 4 is 5.82 Å². The molecule has 0 saturated carbocycles. The second kappa shape index (κ2) is 6.35. The van der Waals surface area contributed by atoms with Gasteiger partial charge in [0.15, 0.2) is 18.1 Å². The van der Waals surface area contributed by atoms with E-state index in [1.54, 1.807) is 18.3 Å². The van der Waals surface area contributed by atoms with Gasteiger partial charge in [0, 0.05) is 17.5 Å². The number of allylic oxidation sites excluding steroid dienone is 1. The number of benzene rings is 1. The molecule has 0 amide bonds. The average molecular weight is 346 g/mol. The van der Waals surface area contributed by atoms with Crippen molar-refractivity contribution in [3.63, 3.8) is 0 Å². The zero-order valence-corrected chi connectivity index (χ0v) is 14.4. The Balaban J connectivity index is 1.86. The van der Waals surface area contributed by atoms with E-state index in [0.717, 1.165) is 22.4 Å². The molecule has 3 rings (SSSR count). The number of rotatable bonds is 4. The van der Waals surface area contributed by atoms with E-state index in [2.05, 4.69) is 21.6 Å². The number of hydrogen-bond donors (Lipinski definition) is 1. The molecule has 2 heterocycles. The first-order valence-electron chi connectivity index (χ1n) is 8.02. The summed E-state index contributed by atoms with van der Waals surface area (Å²) in [5, 5.41) is 3.16. The van der Waals surface area contributed by atoms with Crippen molar-refractivity contribution in [2.45, 2.75) is 26.9 Å². The summed E-state index contributed by atoms with van der Waals surface area (Å²) in [7, 11) is 0. The van der Waals surface area contributed by atoms with Crippen LogP contribution in [-0.4, -0.2) is 17.7 Å². The SMILES string of the molecule is C=C(Nc1ccc(-c2cc3c(cc2C)OC(F)(F)CO3)cn1)C(C)C. The Kier molecular flexibility index (Phi) is 4.37. The fraction of sp³-hybridized carbons (Fsp3) is 0.316. The molecule has 0 bridgehead atoms. The maximum Gasteiger partial charge on any atom is 0.433 e. The van der Waals surface area contributed by atoms with Crippen LogP contribution in [0.5, 0.6) is 11.5 Å². The van der Waals surface area contributed by atoms with Crippen LogP contribution in [0.1, 0.15) is 19.4 Å². The molecule has 0 fully saturated rings. The summed E-state index contributed by atoms with van der Waals surface area (Å²) in [4.78, 5) is 4.39. The lowest BCUT2D eigenvalue weighted by atomic mass is 10.0. The maximum atomic E-state index is 13.3. The van der Waals surface area contributed by atoms with Crippen molar-refractivity contribution < 1.29 is 18.3 Å². The Morgan fingerprint density at radius 2 is 2.04 bits per heavy atom. The van der Waals surface area contributed by atoms with Crippen molar-refractivity contribution in [3.05, 3.63) is 48.3 Å². The Hall–Kier alpha value is -2.63. The molecule has 0 saturated heterocycles. The number of fused-ring (bicyclic) bond motifs is 1. The van der Waals surface area contributed by atoms with Gasteiger partial charge in [-0.3, -0.25) is 0 Å². The number of nitrogens with one attached hydrogen (secondary N) is 1. The van der Waals surface area contributed by atoms with Gasteiger partial charge >= 0.3 is 6.11 Å².